The van der Waals surface area contributed by atoms with Gasteiger partial charge in [0.2, 0.25) is 15.9 Å². The molecule has 1 aromatic carbocycles. The summed E-state index contributed by atoms with van der Waals surface area (Å²) in [6, 6.07) is 3.12. The molecule has 0 aliphatic carbocycles. The maximum Gasteiger partial charge on any atom is 0.243 e. The van der Waals surface area contributed by atoms with Gasteiger partial charge < -0.3 is 11.1 Å². The Morgan fingerprint density at radius 3 is 2.65 bits per heavy atom. The van der Waals surface area contributed by atoms with Gasteiger partial charge in [0.05, 0.1) is 17.1 Å². The van der Waals surface area contributed by atoms with Gasteiger partial charge in [-0.1, -0.05) is 6.92 Å². The first-order valence-corrected chi connectivity index (χ1v) is 7.51. The normalized spacial score (nSPS) is 11.6. The summed E-state index contributed by atoms with van der Waals surface area (Å²) in [6.07, 6.45) is 0.761. The first kappa shape index (κ1) is 16.4. The largest absolute Gasteiger partial charge is 0.396 e. The average molecular weight is 303 g/mol. The van der Waals surface area contributed by atoms with Crippen LogP contribution in [0.25, 0.3) is 0 Å². The summed E-state index contributed by atoms with van der Waals surface area (Å²) in [4.78, 5) is 11.4. The maximum atomic E-state index is 13.0. The fraction of sp³-hybridized carbons (Fsp3) is 0.417. The van der Waals surface area contributed by atoms with Gasteiger partial charge in [0.15, 0.2) is 0 Å². The van der Waals surface area contributed by atoms with Crippen molar-refractivity contribution in [1.29, 1.82) is 0 Å². The van der Waals surface area contributed by atoms with Crippen LogP contribution in [0.2, 0.25) is 0 Å². The van der Waals surface area contributed by atoms with Crippen LogP contribution >= 0.6 is 0 Å². The van der Waals surface area contributed by atoms with Crippen molar-refractivity contribution < 1.29 is 17.6 Å². The highest BCUT2D eigenvalue weighted by molar-refractivity contribution is 7.89. The second-order valence-electron chi connectivity index (χ2n) is 4.29. The summed E-state index contributed by atoms with van der Waals surface area (Å²) >= 11 is 0. The first-order valence-electron chi connectivity index (χ1n) is 6.07. The van der Waals surface area contributed by atoms with Gasteiger partial charge in [-0.3, -0.25) is 4.79 Å². The zero-order chi connectivity index (χ0) is 15.3. The number of halogens is 1. The molecule has 0 aliphatic rings. The second kappa shape index (κ2) is 6.67. The molecule has 8 heteroatoms. The van der Waals surface area contributed by atoms with E-state index in [2.05, 4.69) is 5.32 Å². The van der Waals surface area contributed by atoms with E-state index in [-0.39, 0.29) is 17.1 Å². The number of likely N-dealkylation sites (N-methyl/N-ethyl adjacent to an activating group) is 1. The number of nitrogens with one attached hydrogen (secondary N) is 1. The van der Waals surface area contributed by atoms with Crippen molar-refractivity contribution in [2.45, 2.75) is 18.2 Å². The van der Waals surface area contributed by atoms with Gasteiger partial charge in [-0.2, -0.15) is 4.31 Å². The minimum Gasteiger partial charge on any atom is -0.396 e. The Labute approximate surface area is 117 Å². The summed E-state index contributed by atoms with van der Waals surface area (Å²) in [6.45, 7) is 2.07. The second-order valence-corrected chi connectivity index (χ2v) is 6.34. The van der Waals surface area contributed by atoms with Crippen LogP contribution in [0.4, 0.5) is 10.1 Å². The summed E-state index contributed by atoms with van der Waals surface area (Å²) in [5.74, 6) is -1.08. The minimum atomic E-state index is -3.87. The third-order valence-corrected chi connectivity index (χ3v) is 4.41. The van der Waals surface area contributed by atoms with E-state index >= 15 is 0 Å². The molecule has 0 spiro atoms. The molecule has 1 rings (SSSR count). The number of carbonyl (C=O) groups excluding carboxylic acids is 1. The molecule has 1 aromatic rings. The Balaban J connectivity index is 2.87. The van der Waals surface area contributed by atoms with Gasteiger partial charge >= 0.3 is 0 Å². The number of nitrogens with two attached hydrogens (primary N) is 1. The quantitative estimate of drug-likeness (QED) is 0.751. The topological polar surface area (TPSA) is 92.5 Å². The van der Waals surface area contributed by atoms with E-state index in [4.69, 9.17) is 5.73 Å². The Morgan fingerprint density at radius 2 is 2.10 bits per heavy atom. The smallest absolute Gasteiger partial charge is 0.243 e. The zero-order valence-corrected chi connectivity index (χ0v) is 12.2. The molecule has 1 amide bonds. The average Bonchev–Trinajstić information content (AvgIpc) is 2.39. The molecule has 0 bridgehead atoms. The zero-order valence-electron chi connectivity index (χ0n) is 11.4. The number of amides is 1. The SMILES string of the molecule is CCCNC(=O)CN(C)S(=O)(=O)c1ccc(F)c(N)c1. The van der Waals surface area contributed by atoms with Gasteiger partial charge in [0.1, 0.15) is 5.82 Å². The molecule has 0 atom stereocenters. The highest BCUT2D eigenvalue weighted by Gasteiger charge is 2.23. The van der Waals surface area contributed by atoms with E-state index in [0.717, 1.165) is 28.9 Å². The molecule has 0 unspecified atom stereocenters. The molecule has 112 valence electrons. The number of hydrogen-bond acceptors (Lipinski definition) is 4. The number of benzene rings is 1. The lowest BCUT2D eigenvalue weighted by Crippen LogP contribution is -2.38. The van der Waals surface area contributed by atoms with E-state index in [0.29, 0.717) is 6.54 Å². The molecule has 0 radical (unpaired) electrons. The number of carbonyl (C=O) groups is 1. The van der Waals surface area contributed by atoms with Crippen molar-refractivity contribution in [3.05, 3.63) is 24.0 Å². The fourth-order valence-corrected chi connectivity index (χ4v) is 2.63. The van der Waals surface area contributed by atoms with Crippen LogP contribution in [0.1, 0.15) is 13.3 Å². The maximum absolute atomic E-state index is 13.0. The minimum absolute atomic E-state index is 0.151. The molecule has 0 saturated carbocycles. The van der Waals surface area contributed by atoms with E-state index in [1.165, 1.54) is 7.05 Å². The number of nitrogen functional groups attached to an aromatic ring is 1. The van der Waals surface area contributed by atoms with Crippen LogP contribution < -0.4 is 11.1 Å². The summed E-state index contributed by atoms with van der Waals surface area (Å²) < 4.78 is 38.3. The van der Waals surface area contributed by atoms with Gasteiger partial charge in [-0.15, -0.1) is 0 Å². The van der Waals surface area contributed by atoms with Crippen LogP contribution in [0.15, 0.2) is 23.1 Å². The fourth-order valence-electron chi connectivity index (χ4n) is 1.47. The lowest BCUT2D eigenvalue weighted by molar-refractivity contribution is -0.121. The number of nitrogens with zero attached hydrogens (tertiary/aromatic N) is 1. The van der Waals surface area contributed by atoms with E-state index < -0.39 is 21.7 Å². The van der Waals surface area contributed by atoms with Crippen molar-refractivity contribution >= 4 is 21.6 Å². The van der Waals surface area contributed by atoms with E-state index in [9.17, 15) is 17.6 Å². The molecule has 0 aliphatic heterocycles. The van der Waals surface area contributed by atoms with Crippen LogP contribution in [0.3, 0.4) is 0 Å². The predicted molar refractivity (Wildman–Crippen MR) is 73.9 cm³/mol. The third kappa shape index (κ3) is 3.91. The molecule has 0 heterocycles. The number of hydrogen-bond donors (Lipinski definition) is 2. The van der Waals surface area contributed by atoms with Gasteiger partial charge in [0.25, 0.3) is 0 Å². The van der Waals surface area contributed by atoms with Crippen molar-refractivity contribution in [3.63, 3.8) is 0 Å². The van der Waals surface area contributed by atoms with Crippen LogP contribution in [0.5, 0.6) is 0 Å². The molecular formula is C12H18FN3O3S. The van der Waals surface area contributed by atoms with Crippen molar-refractivity contribution in [2.24, 2.45) is 0 Å². The standard InChI is InChI=1S/C12H18FN3O3S/c1-3-6-15-12(17)8-16(2)20(18,19)9-4-5-10(13)11(14)7-9/h4-5,7H,3,6,8,14H2,1-2H3,(H,15,17). The van der Waals surface area contributed by atoms with E-state index in [1.807, 2.05) is 6.92 Å². The highest BCUT2D eigenvalue weighted by atomic mass is 32.2. The summed E-state index contributed by atoms with van der Waals surface area (Å²) in [5, 5.41) is 2.58. The van der Waals surface area contributed by atoms with Crippen LogP contribution in [0, 0.1) is 5.82 Å². The molecule has 20 heavy (non-hydrogen) atoms. The third-order valence-electron chi connectivity index (χ3n) is 2.61. The summed E-state index contributed by atoms with van der Waals surface area (Å²) in [7, 11) is -2.59. The molecular weight excluding hydrogens is 285 g/mol. The number of sulfonamides is 1. The van der Waals surface area contributed by atoms with E-state index in [1.54, 1.807) is 0 Å². The van der Waals surface area contributed by atoms with Crippen molar-refractivity contribution in [1.82, 2.24) is 9.62 Å². The molecule has 0 aromatic heterocycles. The van der Waals surface area contributed by atoms with Gasteiger partial charge in [-0.05, 0) is 24.6 Å². The number of anilines is 1. The molecule has 0 fully saturated rings. The number of rotatable bonds is 6. The van der Waals surface area contributed by atoms with Crippen molar-refractivity contribution in [3.8, 4) is 0 Å². The van der Waals surface area contributed by atoms with Gasteiger partial charge in [-0.25, -0.2) is 12.8 Å². The Hall–Kier alpha value is -1.67. The van der Waals surface area contributed by atoms with Crippen LogP contribution in [-0.4, -0.2) is 38.8 Å². The molecule has 0 saturated heterocycles. The van der Waals surface area contributed by atoms with Gasteiger partial charge in [0, 0.05) is 13.6 Å². The van der Waals surface area contributed by atoms with Crippen molar-refractivity contribution in [2.75, 3.05) is 25.9 Å². The predicted octanol–water partition coefficient (Wildman–Crippen LogP) is 0.555. The van der Waals surface area contributed by atoms with Crippen LogP contribution in [-0.2, 0) is 14.8 Å². The lowest BCUT2D eigenvalue weighted by atomic mass is 10.3. The Bertz CT molecular complexity index is 590. The lowest BCUT2D eigenvalue weighted by Gasteiger charge is -2.17. The summed E-state index contributed by atoms with van der Waals surface area (Å²) in [5.41, 5.74) is 5.09. The monoisotopic (exact) mass is 303 g/mol. The Kier molecular flexibility index (Phi) is 5.46. The Morgan fingerprint density at radius 1 is 1.45 bits per heavy atom. The first-order chi connectivity index (χ1) is 9.28. The molecule has 3 N–H and O–H groups in total. The highest BCUT2D eigenvalue weighted by Crippen LogP contribution is 2.19. The molecule has 6 nitrogen and oxygen atoms in total.